The zero-order valence-electron chi connectivity index (χ0n) is 16.8. The third-order valence-corrected chi connectivity index (χ3v) is 4.78. The number of fused-ring (bicyclic) bond motifs is 1. The number of carbonyl (C=O) groups excluding carboxylic acids is 3. The minimum Gasteiger partial charge on any atom is -0.486 e. The Kier molecular flexibility index (Phi) is 7.47. The van der Waals surface area contributed by atoms with Gasteiger partial charge in [0, 0.05) is 12.6 Å². The van der Waals surface area contributed by atoms with Crippen LogP contribution in [0.1, 0.15) is 33.1 Å². The number of hydrogen-bond donors (Lipinski definition) is 4. The summed E-state index contributed by atoms with van der Waals surface area (Å²) in [5.41, 5.74) is -2.68. The van der Waals surface area contributed by atoms with Gasteiger partial charge in [0.15, 0.2) is 0 Å². The molecular formula is C19H23F4N3O5. The van der Waals surface area contributed by atoms with Gasteiger partial charge in [0.1, 0.15) is 23.7 Å². The molecule has 1 heterocycles. The number of ether oxygens (including phenoxy) is 1. The maximum absolute atomic E-state index is 13.5. The smallest absolute Gasteiger partial charge is 0.390 e. The normalized spacial score (nSPS) is 20.4. The van der Waals surface area contributed by atoms with Gasteiger partial charge in [0.05, 0.1) is 12.1 Å². The Labute approximate surface area is 175 Å². The maximum Gasteiger partial charge on any atom is 0.390 e. The lowest BCUT2D eigenvalue weighted by Gasteiger charge is -2.29. The molecule has 0 fully saturated rings. The first-order valence-electron chi connectivity index (χ1n) is 9.56. The van der Waals surface area contributed by atoms with Gasteiger partial charge in [-0.15, -0.1) is 0 Å². The van der Waals surface area contributed by atoms with Crippen molar-refractivity contribution in [3.63, 3.8) is 0 Å². The molecule has 0 radical (unpaired) electrons. The van der Waals surface area contributed by atoms with E-state index in [0.717, 1.165) is 12.1 Å². The highest BCUT2D eigenvalue weighted by molar-refractivity contribution is 6.10. The molecule has 1 aromatic rings. The second kappa shape index (κ2) is 9.50. The molecule has 0 aromatic heterocycles. The zero-order chi connectivity index (χ0) is 23.4. The number of nitrogens with one attached hydrogen (secondary N) is 3. The summed E-state index contributed by atoms with van der Waals surface area (Å²) in [5.74, 6) is -3.85. The summed E-state index contributed by atoms with van der Waals surface area (Å²) in [5, 5.41) is 17.0. The van der Waals surface area contributed by atoms with Gasteiger partial charge in [-0.1, -0.05) is 13.8 Å². The van der Waals surface area contributed by atoms with Crippen LogP contribution in [0.2, 0.25) is 0 Å². The van der Waals surface area contributed by atoms with E-state index in [4.69, 9.17) is 4.74 Å². The monoisotopic (exact) mass is 449 g/mol. The highest BCUT2D eigenvalue weighted by Crippen LogP contribution is 2.30. The lowest BCUT2D eigenvalue weighted by molar-refractivity contribution is -0.156. The van der Waals surface area contributed by atoms with Crippen LogP contribution in [0, 0.1) is 5.82 Å². The standard InChI is InChI=1S/C19H23F4N3O5/c1-3-12-14(15(27)25-11-9-10(20)5-6-13(11)31-12)26-17(29)18(30,4-2)16(28)24-8-7-19(21,22)23/h5-6,9,12,14,30H,3-4,7-8H2,1-2H3,(H,24,28)(H,25,27)(H,26,29)/t12-,14+,18?/m1/s1. The van der Waals surface area contributed by atoms with E-state index in [1.165, 1.54) is 13.0 Å². The molecular weight excluding hydrogens is 426 g/mol. The predicted octanol–water partition coefficient (Wildman–Crippen LogP) is 1.63. The summed E-state index contributed by atoms with van der Waals surface area (Å²) in [6.07, 6.45) is -7.04. The molecule has 0 saturated carbocycles. The number of alkyl halides is 3. The fourth-order valence-electron chi connectivity index (χ4n) is 2.94. The SMILES string of the molecule is CC[C@H]1Oc2ccc(F)cc2NC(=O)[C@H]1NC(=O)C(O)(CC)C(=O)NCCC(F)(F)F. The summed E-state index contributed by atoms with van der Waals surface area (Å²) in [6.45, 7) is 2.10. The molecule has 1 unspecified atom stereocenters. The molecule has 8 nitrogen and oxygen atoms in total. The van der Waals surface area contributed by atoms with Crippen molar-refractivity contribution in [2.45, 2.75) is 57.0 Å². The van der Waals surface area contributed by atoms with Crippen molar-refractivity contribution >= 4 is 23.4 Å². The Morgan fingerprint density at radius 2 is 1.90 bits per heavy atom. The number of amides is 3. The van der Waals surface area contributed by atoms with Gasteiger partial charge in [0.25, 0.3) is 17.7 Å². The van der Waals surface area contributed by atoms with Gasteiger partial charge >= 0.3 is 6.18 Å². The molecule has 172 valence electrons. The fourth-order valence-corrected chi connectivity index (χ4v) is 2.94. The highest BCUT2D eigenvalue weighted by Gasteiger charge is 2.45. The second-order valence-electron chi connectivity index (χ2n) is 6.98. The first-order valence-corrected chi connectivity index (χ1v) is 9.56. The van der Waals surface area contributed by atoms with Crippen molar-refractivity contribution in [2.75, 3.05) is 11.9 Å². The molecule has 1 aliphatic rings. The fraction of sp³-hybridized carbons (Fsp3) is 0.526. The van der Waals surface area contributed by atoms with Gasteiger partial charge in [-0.2, -0.15) is 13.2 Å². The lowest BCUT2D eigenvalue weighted by atomic mass is 9.96. The van der Waals surface area contributed by atoms with Crippen LogP contribution < -0.4 is 20.7 Å². The molecule has 31 heavy (non-hydrogen) atoms. The number of benzene rings is 1. The number of anilines is 1. The van der Waals surface area contributed by atoms with Crippen molar-refractivity contribution < 1.29 is 41.8 Å². The first kappa shape index (κ1) is 24.4. The quantitative estimate of drug-likeness (QED) is 0.373. The summed E-state index contributed by atoms with van der Waals surface area (Å²) in [7, 11) is 0. The summed E-state index contributed by atoms with van der Waals surface area (Å²) in [6, 6.07) is 2.08. The number of aliphatic hydroxyl groups is 1. The molecule has 1 aliphatic heterocycles. The Hall–Kier alpha value is -2.89. The first-order chi connectivity index (χ1) is 14.4. The predicted molar refractivity (Wildman–Crippen MR) is 101 cm³/mol. The number of carbonyl (C=O) groups is 3. The minimum atomic E-state index is -4.53. The maximum atomic E-state index is 13.5. The molecule has 1 aromatic carbocycles. The van der Waals surface area contributed by atoms with Crippen LogP contribution in [0.4, 0.5) is 23.2 Å². The van der Waals surface area contributed by atoms with Gasteiger partial charge in [0.2, 0.25) is 5.60 Å². The van der Waals surface area contributed by atoms with Gasteiger partial charge in [-0.3, -0.25) is 14.4 Å². The van der Waals surface area contributed by atoms with Crippen molar-refractivity contribution in [1.82, 2.24) is 10.6 Å². The van der Waals surface area contributed by atoms with Gasteiger partial charge in [-0.25, -0.2) is 4.39 Å². The van der Waals surface area contributed by atoms with Crippen LogP contribution in [-0.2, 0) is 14.4 Å². The molecule has 0 saturated heterocycles. The molecule has 3 amide bonds. The van der Waals surface area contributed by atoms with Gasteiger partial charge in [-0.05, 0) is 25.0 Å². The van der Waals surface area contributed by atoms with E-state index in [9.17, 15) is 37.1 Å². The van der Waals surface area contributed by atoms with E-state index < -0.39 is 66.8 Å². The Bertz CT molecular complexity index is 848. The lowest BCUT2D eigenvalue weighted by Crippen LogP contribution is -2.62. The largest absolute Gasteiger partial charge is 0.486 e. The number of halogens is 4. The average molecular weight is 449 g/mol. The van der Waals surface area contributed by atoms with Crippen LogP contribution >= 0.6 is 0 Å². The average Bonchev–Trinajstić information content (AvgIpc) is 2.82. The Morgan fingerprint density at radius 3 is 2.48 bits per heavy atom. The van der Waals surface area contributed by atoms with E-state index >= 15 is 0 Å². The summed E-state index contributed by atoms with van der Waals surface area (Å²) >= 11 is 0. The Balaban J connectivity index is 2.17. The van der Waals surface area contributed by atoms with Gasteiger partial charge < -0.3 is 25.8 Å². The minimum absolute atomic E-state index is 0.0378. The number of rotatable bonds is 7. The van der Waals surface area contributed by atoms with Crippen LogP contribution in [0.15, 0.2) is 18.2 Å². The van der Waals surface area contributed by atoms with E-state index in [-0.39, 0.29) is 17.9 Å². The van der Waals surface area contributed by atoms with Crippen molar-refractivity contribution in [1.29, 1.82) is 0 Å². The second-order valence-corrected chi connectivity index (χ2v) is 6.98. The molecule has 3 atom stereocenters. The third-order valence-electron chi connectivity index (χ3n) is 4.78. The van der Waals surface area contributed by atoms with E-state index in [0.29, 0.717) is 0 Å². The summed E-state index contributed by atoms with van der Waals surface area (Å²) in [4.78, 5) is 37.5. The molecule has 0 aliphatic carbocycles. The van der Waals surface area contributed by atoms with Crippen molar-refractivity contribution in [2.24, 2.45) is 0 Å². The molecule has 4 N–H and O–H groups in total. The third kappa shape index (κ3) is 5.84. The van der Waals surface area contributed by atoms with Crippen molar-refractivity contribution in [3.8, 4) is 5.75 Å². The van der Waals surface area contributed by atoms with E-state index in [1.54, 1.807) is 6.92 Å². The van der Waals surface area contributed by atoms with Crippen LogP contribution in [-0.4, -0.2) is 53.3 Å². The van der Waals surface area contributed by atoms with E-state index in [1.807, 2.05) is 5.32 Å². The topological polar surface area (TPSA) is 117 Å². The van der Waals surface area contributed by atoms with E-state index in [2.05, 4.69) is 10.6 Å². The van der Waals surface area contributed by atoms with Crippen LogP contribution in [0.5, 0.6) is 5.75 Å². The number of hydrogen-bond acceptors (Lipinski definition) is 5. The van der Waals surface area contributed by atoms with Crippen molar-refractivity contribution in [3.05, 3.63) is 24.0 Å². The van der Waals surface area contributed by atoms with Crippen LogP contribution in [0.3, 0.4) is 0 Å². The molecule has 0 bridgehead atoms. The molecule has 0 spiro atoms. The molecule has 2 rings (SSSR count). The summed E-state index contributed by atoms with van der Waals surface area (Å²) < 4.78 is 56.0. The zero-order valence-corrected chi connectivity index (χ0v) is 16.8. The van der Waals surface area contributed by atoms with Crippen LogP contribution in [0.25, 0.3) is 0 Å². The molecule has 12 heteroatoms. The highest BCUT2D eigenvalue weighted by atomic mass is 19.4. The Morgan fingerprint density at radius 1 is 1.23 bits per heavy atom.